The summed E-state index contributed by atoms with van der Waals surface area (Å²) in [5.74, 6) is 0.824. The minimum Gasteiger partial charge on any atom is -0.371 e. The highest BCUT2D eigenvalue weighted by Crippen LogP contribution is 2.14. The van der Waals surface area contributed by atoms with Gasteiger partial charge in [0.2, 0.25) is 5.95 Å². The Bertz CT molecular complexity index is 390. The van der Waals surface area contributed by atoms with Gasteiger partial charge in [-0.25, -0.2) is 4.98 Å². The number of nitrogens with zero attached hydrogens (tertiary/aromatic N) is 3. The Labute approximate surface area is 110 Å². The number of halogens is 3. The van der Waals surface area contributed by atoms with Crippen molar-refractivity contribution < 1.29 is 17.9 Å². The minimum absolute atomic E-state index is 0.0257. The third-order valence-corrected chi connectivity index (χ3v) is 2.45. The van der Waals surface area contributed by atoms with Crippen LogP contribution in [0, 0.1) is 0 Å². The van der Waals surface area contributed by atoms with Crippen LogP contribution in [0.1, 0.15) is 5.69 Å². The van der Waals surface area contributed by atoms with Crippen LogP contribution in [-0.4, -0.2) is 49.6 Å². The lowest BCUT2D eigenvalue weighted by molar-refractivity contribution is -0.173. The lowest BCUT2D eigenvalue weighted by Gasteiger charge is -2.13. The van der Waals surface area contributed by atoms with Crippen LogP contribution in [0.2, 0.25) is 0 Å². The van der Waals surface area contributed by atoms with Crippen molar-refractivity contribution in [3.05, 3.63) is 11.9 Å². The highest BCUT2D eigenvalue weighted by atomic mass is 19.4. The number of aromatic nitrogens is 2. The topological polar surface area (TPSA) is 42.3 Å². The van der Waals surface area contributed by atoms with Gasteiger partial charge in [-0.3, -0.25) is 0 Å². The van der Waals surface area contributed by atoms with Crippen molar-refractivity contribution in [1.29, 1.82) is 0 Å². The van der Waals surface area contributed by atoms with Crippen LogP contribution in [0.25, 0.3) is 0 Å². The quantitative estimate of drug-likeness (QED) is 0.761. The lowest BCUT2D eigenvalue weighted by atomic mass is 10.4. The second-order valence-corrected chi connectivity index (χ2v) is 4.35. The summed E-state index contributed by atoms with van der Waals surface area (Å²) >= 11 is 0. The van der Waals surface area contributed by atoms with Gasteiger partial charge in [0, 0.05) is 34.2 Å². The maximum absolute atomic E-state index is 11.8. The molecule has 8 heteroatoms. The first kappa shape index (κ1) is 15.8. The first-order chi connectivity index (χ1) is 8.81. The van der Waals surface area contributed by atoms with Gasteiger partial charge in [0.25, 0.3) is 0 Å². The normalized spacial score (nSPS) is 11.9. The zero-order chi connectivity index (χ0) is 14.5. The number of hydrogen-bond acceptors (Lipinski definition) is 4. The molecule has 1 heterocycles. The molecule has 0 atom stereocenters. The van der Waals surface area contributed by atoms with E-state index in [9.17, 15) is 13.2 Å². The number of anilines is 1. The third-order valence-electron chi connectivity index (χ3n) is 2.45. The van der Waals surface area contributed by atoms with Crippen molar-refractivity contribution in [1.82, 2.24) is 14.9 Å². The second-order valence-electron chi connectivity index (χ2n) is 4.35. The van der Waals surface area contributed by atoms with E-state index >= 15 is 0 Å². The van der Waals surface area contributed by atoms with Gasteiger partial charge in [-0.1, -0.05) is 0 Å². The zero-order valence-corrected chi connectivity index (χ0v) is 11.3. The summed E-state index contributed by atoms with van der Waals surface area (Å²) in [7, 11) is 5.68. The molecule has 1 rings (SSSR count). The lowest BCUT2D eigenvalue weighted by Crippen LogP contribution is -2.24. The van der Waals surface area contributed by atoms with Crippen LogP contribution >= 0.6 is 0 Å². The average molecular weight is 280 g/mol. The number of alkyl halides is 3. The van der Waals surface area contributed by atoms with Gasteiger partial charge in [0.1, 0.15) is 6.61 Å². The van der Waals surface area contributed by atoms with Gasteiger partial charge < -0.3 is 19.5 Å². The number of nitrogens with one attached hydrogen (secondary N) is 1. The minimum atomic E-state index is -4.26. The van der Waals surface area contributed by atoms with Crippen LogP contribution in [0.15, 0.2) is 6.20 Å². The smallest absolute Gasteiger partial charge is 0.371 e. The summed E-state index contributed by atoms with van der Waals surface area (Å²) in [6, 6.07) is 0. The summed E-state index contributed by atoms with van der Waals surface area (Å²) in [6.45, 7) is -0.283. The molecule has 1 N–H and O–H groups in total. The number of imidazole rings is 1. The van der Waals surface area contributed by atoms with E-state index < -0.39 is 12.8 Å². The Kier molecular flexibility index (Phi) is 5.61. The van der Waals surface area contributed by atoms with E-state index in [1.165, 1.54) is 0 Å². The average Bonchev–Trinajstić information content (AvgIpc) is 2.64. The molecule has 0 radical (unpaired) electrons. The molecule has 0 bridgehead atoms. The van der Waals surface area contributed by atoms with Crippen molar-refractivity contribution in [2.75, 3.05) is 38.8 Å². The Hall–Kier alpha value is -1.28. The number of hydrogen-bond donors (Lipinski definition) is 1. The number of rotatable bonds is 7. The molecule has 0 fully saturated rings. The van der Waals surface area contributed by atoms with E-state index in [-0.39, 0.29) is 6.61 Å². The highest BCUT2D eigenvalue weighted by Gasteiger charge is 2.27. The molecule has 0 unspecified atom stereocenters. The summed E-state index contributed by atoms with van der Waals surface area (Å²) in [6.07, 6.45) is -2.53. The predicted octanol–water partition coefficient (Wildman–Crippen LogP) is 1.15. The Morgan fingerprint density at radius 1 is 1.42 bits per heavy atom. The molecule has 0 saturated heterocycles. The molecule has 1 aromatic heterocycles. The van der Waals surface area contributed by atoms with Crippen LogP contribution in [0.5, 0.6) is 0 Å². The molecule has 0 amide bonds. The Balaban J connectivity index is 2.23. The monoisotopic (exact) mass is 280 g/mol. The molecular formula is C11H19F3N4O. The first-order valence-corrected chi connectivity index (χ1v) is 5.84. The summed E-state index contributed by atoms with van der Waals surface area (Å²) in [5, 5.41) is 3.01. The molecule has 0 aromatic carbocycles. The molecule has 0 spiro atoms. The zero-order valence-electron chi connectivity index (χ0n) is 11.3. The fraction of sp³-hybridized carbons (Fsp3) is 0.727. The predicted molar refractivity (Wildman–Crippen MR) is 66.1 cm³/mol. The SMILES string of the molecule is CN(C)c1ncc(CNCCOCC(F)(F)F)n1C. The largest absolute Gasteiger partial charge is 0.411 e. The maximum atomic E-state index is 11.8. The van der Waals surface area contributed by atoms with Crippen LogP contribution < -0.4 is 10.2 Å². The van der Waals surface area contributed by atoms with Gasteiger partial charge in [0.15, 0.2) is 0 Å². The van der Waals surface area contributed by atoms with E-state index in [2.05, 4.69) is 15.0 Å². The molecule has 0 aliphatic rings. The van der Waals surface area contributed by atoms with Gasteiger partial charge >= 0.3 is 6.18 Å². The van der Waals surface area contributed by atoms with Crippen LogP contribution in [0.3, 0.4) is 0 Å². The molecule has 0 aliphatic heterocycles. The van der Waals surface area contributed by atoms with Crippen molar-refractivity contribution in [3.63, 3.8) is 0 Å². The van der Waals surface area contributed by atoms with Crippen LogP contribution in [0.4, 0.5) is 19.1 Å². The van der Waals surface area contributed by atoms with Gasteiger partial charge in [-0.2, -0.15) is 13.2 Å². The van der Waals surface area contributed by atoms with E-state index in [4.69, 9.17) is 0 Å². The van der Waals surface area contributed by atoms with Crippen molar-refractivity contribution >= 4 is 5.95 Å². The highest BCUT2D eigenvalue weighted by molar-refractivity contribution is 5.30. The van der Waals surface area contributed by atoms with Gasteiger partial charge in [-0.15, -0.1) is 0 Å². The first-order valence-electron chi connectivity index (χ1n) is 5.84. The summed E-state index contributed by atoms with van der Waals surface area (Å²) in [4.78, 5) is 6.12. The number of ether oxygens (including phenoxy) is 1. The fourth-order valence-electron chi connectivity index (χ4n) is 1.56. The van der Waals surface area contributed by atoms with Crippen molar-refractivity contribution in [2.24, 2.45) is 7.05 Å². The van der Waals surface area contributed by atoms with Crippen molar-refractivity contribution in [2.45, 2.75) is 12.7 Å². The Morgan fingerprint density at radius 3 is 2.63 bits per heavy atom. The fourth-order valence-corrected chi connectivity index (χ4v) is 1.56. The van der Waals surface area contributed by atoms with E-state index in [0.29, 0.717) is 13.1 Å². The van der Waals surface area contributed by atoms with Gasteiger partial charge in [-0.05, 0) is 0 Å². The van der Waals surface area contributed by atoms with E-state index in [0.717, 1.165) is 11.6 Å². The molecule has 1 aromatic rings. The Morgan fingerprint density at radius 2 is 2.11 bits per heavy atom. The summed E-state index contributed by atoms with van der Waals surface area (Å²) < 4.78 is 41.8. The third kappa shape index (κ3) is 5.48. The van der Waals surface area contributed by atoms with E-state index in [1.807, 2.05) is 30.6 Å². The standard InChI is InChI=1S/C11H19F3N4O/c1-17(2)10-16-7-9(18(10)3)6-15-4-5-19-8-11(12,13)14/h7,15H,4-6,8H2,1-3H3. The molecule has 19 heavy (non-hydrogen) atoms. The van der Waals surface area contributed by atoms with Crippen molar-refractivity contribution in [3.8, 4) is 0 Å². The van der Waals surface area contributed by atoms with Gasteiger partial charge in [0.05, 0.1) is 18.5 Å². The second kappa shape index (κ2) is 6.76. The molecule has 110 valence electrons. The van der Waals surface area contributed by atoms with E-state index in [1.54, 1.807) is 6.20 Å². The van der Waals surface area contributed by atoms with Crippen LogP contribution in [-0.2, 0) is 18.3 Å². The molecule has 5 nitrogen and oxygen atoms in total. The maximum Gasteiger partial charge on any atom is 0.411 e. The molecule has 0 saturated carbocycles. The summed E-state index contributed by atoms with van der Waals surface area (Å²) in [5.41, 5.74) is 0.958. The molecule has 0 aliphatic carbocycles. The molecular weight excluding hydrogens is 261 g/mol.